The van der Waals surface area contributed by atoms with E-state index in [1.807, 2.05) is 6.07 Å². The van der Waals surface area contributed by atoms with Gasteiger partial charge in [-0.25, -0.2) is 0 Å². The number of ether oxygens (including phenoxy) is 1. The third-order valence-corrected chi connectivity index (χ3v) is 3.62. The lowest BCUT2D eigenvalue weighted by molar-refractivity contribution is -0.00360. The Balaban J connectivity index is 1.75. The molecule has 0 aromatic carbocycles. The first-order valence-corrected chi connectivity index (χ1v) is 7.92. The van der Waals surface area contributed by atoms with Crippen LogP contribution in [-0.4, -0.2) is 41.9 Å². The van der Waals surface area contributed by atoms with Crippen molar-refractivity contribution in [2.75, 3.05) is 20.2 Å². The standard InChI is InChI=1S/C16H29N3O2/c1-16(2,3)17-10-13-9-15(21-18-13)12-19(4)11-14-7-5-6-8-20-14/h9,14,17H,5-8,10-12H2,1-4H3. The first-order chi connectivity index (χ1) is 9.92. The van der Waals surface area contributed by atoms with Crippen LogP contribution in [0.1, 0.15) is 51.5 Å². The highest BCUT2D eigenvalue weighted by Crippen LogP contribution is 2.15. The Kier molecular flexibility index (Phi) is 5.79. The van der Waals surface area contributed by atoms with Crippen molar-refractivity contribution in [1.82, 2.24) is 15.4 Å². The fourth-order valence-electron chi connectivity index (χ4n) is 2.50. The van der Waals surface area contributed by atoms with Crippen molar-refractivity contribution in [3.8, 4) is 0 Å². The van der Waals surface area contributed by atoms with Crippen LogP contribution in [0.2, 0.25) is 0 Å². The minimum atomic E-state index is 0.0915. The molecular weight excluding hydrogens is 266 g/mol. The maximum absolute atomic E-state index is 5.77. The number of nitrogens with zero attached hydrogens (tertiary/aromatic N) is 2. The van der Waals surface area contributed by atoms with Gasteiger partial charge in [-0.2, -0.15) is 0 Å². The zero-order valence-corrected chi connectivity index (χ0v) is 13.8. The van der Waals surface area contributed by atoms with Gasteiger partial charge in [0.25, 0.3) is 0 Å². The Morgan fingerprint density at radius 1 is 1.38 bits per heavy atom. The Labute approximate surface area is 128 Å². The van der Waals surface area contributed by atoms with Crippen molar-refractivity contribution < 1.29 is 9.26 Å². The zero-order chi connectivity index (χ0) is 15.3. The van der Waals surface area contributed by atoms with Crippen LogP contribution in [0.4, 0.5) is 0 Å². The van der Waals surface area contributed by atoms with E-state index < -0.39 is 0 Å². The molecule has 1 N–H and O–H groups in total. The molecule has 21 heavy (non-hydrogen) atoms. The molecule has 1 aromatic heterocycles. The van der Waals surface area contributed by atoms with Crippen LogP contribution in [0.25, 0.3) is 0 Å². The van der Waals surface area contributed by atoms with E-state index in [4.69, 9.17) is 9.26 Å². The second-order valence-corrected chi connectivity index (χ2v) is 7.07. The van der Waals surface area contributed by atoms with E-state index in [1.54, 1.807) is 0 Å². The van der Waals surface area contributed by atoms with E-state index in [2.05, 4.69) is 43.2 Å². The molecule has 1 aliphatic heterocycles. The summed E-state index contributed by atoms with van der Waals surface area (Å²) in [6, 6.07) is 2.04. The van der Waals surface area contributed by atoms with Gasteiger partial charge in [0.2, 0.25) is 0 Å². The summed E-state index contributed by atoms with van der Waals surface area (Å²) in [5.74, 6) is 0.916. The van der Waals surface area contributed by atoms with Crippen LogP contribution in [0.5, 0.6) is 0 Å². The Hall–Kier alpha value is -0.910. The molecule has 5 nitrogen and oxygen atoms in total. The molecule has 0 saturated carbocycles. The number of hydrogen-bond donors (Lipinski definition) is 1. The van der Waals surface area contributed by atoms with Crippen molar-refractivity contribution in [2.45, 2.75) is 64.8 Å². The van der Waals surface area contributed by atoms with Crippen LogP contribution in [0.3, 0.4) is 0 Å². The van der Waals surface area contributed by atoms with E-state index in [0.717, 1.165) is 37.7 Å². The Morgan fingerprint density at radius 2 is 2.19 bits per heavy atom. The number of hydrogen-bond acceptors (Lipinski definition) is 5. The fourth-order valence-corrected chi connectivity index (χ4v) is 2.50. The van der Waals surface area contributed by atoms with E-state index in [1.165, 1.54) is 19.3 Å². The molecule has 1 saturated heterocycles. The van der Waals surface area contributed by atoms with Crippen molar-refractivity contribution >= 4 is 0 Å². The molecule has 0 amide bonds. The third kappa shape index (κ3) is 6.16. The van der Waals surface area contributed by atoms with Gasteiger partial charge in [-0.1, -0.05) is 5.16 Å². The van der Waals surface area contributed by atoms with E-state index in [9.17, 15) is 0 Å². The number of likely N-dealkylation sites (N-methyl/N-ethyl adjacent to an activating group) is 1. The predicted molar refractivity (Wildman–Crippen MR) is 83.0 cm³/mol. The van der Waals surface area contributed by atoms with Gasteiger partial charge in [-0.3, -0.25) is 4.90 Å². The summed E-state index contributed by atoms with van der Waals surface area (Å²) in [5, 5.41) is 7.54. The summed E-state index contributed by atoms with van der Waals surface area (Å²) in [5.41, 5.74) is 1.05. The number of nitrogens with one attached hydrogen (secondary N) is 1. The monoisotopic (exact) mass is 295 g/mol. The second-order valence-electron chi connectivity index (χ2n) is 7.07. The van der Waals surface area contributed by atoms with Crippen molar-refractivity contribution in [2.24, 2.45) is 0 Å². The molecule has 1 atom stereocenters. The molecule has 2 rings (SSSR count). The molecule has 0 radical (unpaired) electrons. The van der Waals surface area contributed by atoms with Gasteiger partial charge in [0.05, 0.1) is 18.3 Å². The molecule has 1 aromatic rings. The molecule has 5 heteroatoms. The van der Waals surface area contributed by atoms with Crippen LogP contribution < -0.4 is 5.32 Å². The first-order valence-electron chi connectivity index (χ1n) is 7.92. The largest absolute Gasteiger partial charge is 0.377 e. The first kappa shape index (κ1) is 16.5. The zero-order valence-electron chi connectivity index (χ0n) is 13.8. The van der Waals surface area contributed by atoms with Crippen LogP contribution in [0.15, 0.2) is 10.6 Å². The maximum Gasteiger partial charge on any atom is 0.151 e. The molecule has 0 bridgehead atoms. The Bertz CT molecular complexity index is 419. The second kappa shape index (κ2) is 7.38. The summed E-state index contributed by atoms with van der Waals surface area (Å²) in [6.45, 7) is 9.81. The van der Waals surface area contributed by atoms with Gasteiger partial charge < -0.3 is 14.6 Å². The van der Waals surface area contributed by atoms with Gasteiger partial charge >= 0.3 is 0 Å². The lowest BCUT2D eigenvalue weighted by Gasteiger charge is -2.26. The quantitative estimate of drug-likeness (QED) is 0.874. The molecule has 0 aliphatic carbocycles. The van der Waals surface area contributed by atoms with Crippen molar-refractivity contribution in [1.29, 1.82) is 0 Å². The third-order valence-electron chi connectivity index (χ3n) is 3.62. The number of aromatic nitrogens is 1. The topological polar surface area (TPSA) is 50.5 Å². The number of rotatable bonds is 6. The average Bonchev–Trinajstić information content (AvgIpc) is 2.84. The normalized spacial score (nSPS) is 20.1. The summed E-state index contributed by atoms with van der Waals surface area (Å²) < 4.78 is 11.2. The molecule has 120 valence electrons. The summed E-state index contributed by atoms with van der Waals surface area (Å²) in [6.07, 6.45) is 4.02. The molecular formula is C16H29N3O2. The molecule has 0 spiro atoms. The summed E-state index contributed by atoms with van der Waals surface area (Å²) in [7, 11) is 2.10. The molecule has 1 fully saturated rings. The lowest BCUT2D eigenvalue weighted by Crippen LogP contribution is -2.35. The SMILES string of the molecule is CN(Cc1cc(CNC(C)(C)C)no1)CC1CCCCO1. The molecule has 1 aliphatic rings. The minimum absolute atomic E-state index is 0.0915. The summed E-state index contributed by atoms with van der Waals surface area (Å²) in [4.78, 5) is 2.25. The average molecular weight is 295 g/mol. The van der Waals surface area contributed by atoms with Gasteiger partial charge in [-0.05, 0) is 47.1 Å². The van der Waals surface area contributed by atoms with Crippen molar-refractivity contribution in [3.05, 3.63) is 17.5 Å². The molecule has 2 heterocycles. The predicted octanol–water partition coefficient (Wildman–Crippen LogP) is 2.56. The summed E-state index contributed by atoms with van der Waals surface area (Å²) >= 11 is 0. The van der Waals surface area contributed by atoms with Gasteiger partial charge in [-0.15, -0.1) is 0 Å². The van der Waals surface area contributed by atoms with Crippen LogP contribution >= 0.6 is 0 Å². The highest BCUT2D eigenvalue weighted by molar-refractivity contribution is 5.05. The van der Waals surface area contributed by atoms with Crippen molar-refractivity contribution in [3.63, 3.8) is 0 Å². The fraction of sp³-hybridized carbons (Fsp3) is 0.812. The van der Waals surface area contributed by atoms with E-state index in [0.29, 0.717) is 6.10 Å². The maximum atomic E-state index is 5.77. The highest BCUT2D eigenvalue weighted by atomic mass is 16.5. The highest BCUT2D eigenvalue weighted by Gasteiger charge is 2.17. The van der Waals surface area contributed by atoms with Gasteiger partial charge in [0.15, 0.2) is 5.76 Å². The van der Waals surface area contributed by atoms with Crippen LogP contribution in [-0.2, 0) is 17.8 Å². The van der Waals surface area contributed by atoms with Crippen LogP contribution in [0, 0.1) is 0 Å². The van der Waals surface area contributed by atoms with E-state index >= 15 is 0 Å². The minimum Gasteiger partial charge on any atom is -0.377 e. The lowest BCUT2D eigenvalue weighted by atomic mass is 10.1. The van der Waals surface area contributed by atoms with E-state index in [-0.39, 0.29) is 5.54 Å². The molecule has 1 unspecified atom stereocenters. The Morgan fingerprint density at radius 3 is 2.86 bits per heavy atom. The van der Waals surface area contributed by atoms with Gasteiger partial charge in [0, 0.05) is 31.3 Å². The smallest absolute Gasteiger partial charge is 0.151 e. The van der Waals surface area contributed by atoms with Gasteiger partial charge in [0.1, 0.15) is 0 Å².